The van der Waals surface area contributed by atoms with Crippen LogP contribution in [-0.2, 0) is 19.1 Å². The highest BCUT2D eigenvalue weighted by molar-refractivity contribution is 6.20. The lowest BCUT2D eigenvalue weighted by molar-refractivity contribution is -0.141. The molecule has 0 saturated heterocycles. The van der Waals surface area contributed by atoms with Gasteiger partial charge in [0.15, 0.2) is 0 Å². The molecule has 0 aromatic rings. The summed E-state index contributed by atoms with van der Waals surface area (Å²) >= 11 is 6.45. The average Bonchev–Trinajstić information content (AvgIpc) is 2.59. The van der Waals surface area contributed by atoms with Gasteiger partial charge in [0.2, 0.25) is 0 Å². The van der Waals surface area contributed by atoms with Crippen molar-refractivity contribution in [3.05, 3.63) is 0 Å². The Kier molecular flexibility index (Phi) is 15.2. The van der Waals surface area contributed by atoms with Gasteiger partial charge < -0.3 is 9.47 Å². The van der Waals surface area contributed by atoms with Gasteiger partial charge in [0.25, 0.3) is 0 Å². The maximum absolute atomic E-state index is 11.1. The van der Waals surface area contributed by atoms with Crippen molar-refractivity contribution in [2.75, 3.05) is 14.2 Å². The molecule has 0 aromatic carbocycles. The molecule has 0 aliphatic rings. The maximum atomic E-state index is 11.1. The standard InChI is InChI=1S/C19H35ClO4/c1-16(12-11-15-19(22)24-3)17(20)13-9-7-5-4-6-8-10-14-18(21)23-2/h16-17H,4-15H2,1-3H3. The van der Waals surface area contributed by atoms with Crippen LogP contribution < -0.4 is 0 Å². The molecular weight excluding hydrogens is 328 g/mol. The van der Waals surface area contributed by atoms with Crippen LogP contribution >= 0.6 is 11.6 Å². The van der Waals surface area contributed by atoms with E-state index >= 15 is 0 Å². The smallest absolute Gasteiger partial charge is 0.305 e. The minimum Gasteiger partial charge on any atom is -0.469 e. The van der Waals surface area contributed by atoms with Gasteiger partial charge in [0.1, 0.15) is 0 Å². The van der Waals surface area contributed by atoms with E-state index in [1.807, 2.05) is 0 Å². The average molecular weight is 363 g/mol. The van der Waals surface area contributed by atoms with E-state index in [1.165, 1.54) is 39.9 Å². The number of unbranched alkanes of at least 4 members (excludes halogenated alkanes) is 6. The Morgan fingerprint density at radius 2 is 1.21 bits per heavy atom. The number of ether oxygens (including phenoxy) is 2. The van der Waals surface area contributed by atoms with Crippen molar-refractivity contribution in [3.8, 4) is 0 Å². The van der Waals surface area contributed by atoms with E-state index in [1.54, 1.807) is 0 Å². The minimum absolute atomic E-state index is 0.108. The van der Waals surface area contributed by atoms with Crippen LogP contribution in [0, 0.1) is 5.92 Å². The molecule has 0 rings (SSSR count). The number of esters is 2. The zero-order valence-corrected chi connectivity index (χ0v) is 16.4. The molecule has 0 N–H and O–H groups in total. The maximum Gasteiger partial charge on any atom is 0.305 e. The van der Waals surface area contributed by atoms with Crippen LogP contribution in [0.15, 0.2) is 0 Å². The fourth-order valence-corrected chi connectivity index (χ4v) is 3.01. The van der Waals surface area contributed by atoms with Gasteiger partial charge in [0, 0.05) is 18.2 Å². The predicted octanol–water partition coefficient (Wildman–Crippen LogP) is 5.26. The molecule has 2 unspecified atom stereocenters. The molecular formula is C19H35ClO4. The van der Waals surface area contributed by atoms with Crippen LogP contribution in [0.4, 0.5) is 0 Å². The number of rotatable bonds is 15. The number of hydrogen-bond acceptors (Lipinski definition) is 4. The Balaban J connectivity index is 3.43. The Labute approximate surface area is 152 Å². The Morgan fingerprint density at radius 1 is 0.750 bits per heavy atom. The Bertz CT molecular complexity index is 333. The van der Waals surface area contributed by atoms with Crippen molar-refractivity contribution in [2.24, 2.45) is 5.92 Å². The summed E-state index contributed by atoms with van der Waals surface area (Å²) in [6.07, 6.45) is 12.0. The van der Waals surface area contributed by atoms with Gasteiger partial charge in [-0.15, -0.1) is 11.6 Å². The number of carbonyl (C=O) groups is 2. The third-order valence-electron chi connectivity index (χ3n) is 4.47. The first kappa shape index (κ1) is 23.2. The van der Waals surface area contributed by atoms with Crippen molar-refractivity contribution in [1.29, 1.82) is 0 Å². The first-order chi connectivity index (χ1) is 11.5. The highest BCUT2D eigenvalue weighted by atomic mass is 35.5. The quantitative estimate of drug-likeness (QED) is 0.226. The van der Waals surface area contributed by atoms with E-state index in [9.17, 15) is 9.59 Å². The summed E-state index contributed by atoms with van der Waals surface area (Å²) in [6.45, 7) is 2.16. The summed E-state index contributed by atoms with van der Waals surface area (Å²) in [4.78, 5) is 22.0. The van der Waals surface area contributed by atoms with Gasteiger partial charge in [-0.1, -0.05) is 45.4 Å². The van der Waals surface area contributed by atoms with E-state index in [2.05, 4.69) is 16.4 Å². The molecule has 0 spiro atoms. The van der Waals surface area contributed by atoms with Gasteiger partial charge in [-0.05, 0) is 31.6 Å². The first-order valence-corrected chi connectivity index (χ1v) is 9.72. The Hall–Kier alpha value is -0.770. The lowest BCUT2D eigenvalue weighted by atomic mass is 9.96. The topological polar surface area (TPSA) is 52.6 Å². The highest BCUT2D eigenvalue weighted by Gasteiger charge is 2.14. The number of methoxy groups -OCH3 is 2. The molecule has 0 saturated carbocycles. The molecule has 0 amide bonds. The van der Waals surface area contributed by atoms with Crippen molar-refractivity contribution in [1.82, 2.24) is 0 Å². The normalized spacial score (nSPS) is 13.3. The fourth-order valence-electron chi connectivity index (χ4n) is 2.73. The summed E-state index contributed by atoms with van der Waals surface area (Å²) in [5, 5.41) is 0.197. The number of alkyl halides is 1. The molecule has 142 valence electrons. The van der Waals surface area contributed by atoms with Gasteiger partial charge in [-0.3, -0.25) is 9.59 Å². The van der Waals surface area contributed by atoms with Crippen molar-refractivity contribution in [3.63, 3.8) is 0 Å². The second-order valence-corrected chi connectivity index (χ2v) is 7.11. The van der Waals surface area contributed by atoms with Crippen LogP contribution in [0.1, 0.15) is 84.0 Å². The number of halogens is 1. The third kappa shape index (κ3) is 13.6. The van der Waals surface area contributed by atoms with Crippen LogP contribution in [0.2, 0.25) is 0 Å². The van der Waals surface area contributed by atoms with Crippen LogP contribution in [0.25, 0.3) is 0 Å². The van der Waals surface area contributed by atoms with Gasteiger partial charge in [-0.2, -0.15) is 0 Å². The lowest BCUT2D eigenvalue weighted by Gasteiger charge is -2.17. The SMILES string of the molecule is COC(=O)CCCCCCCCCC(Cl)C(C)CCCC(=O)OC. The summed E-state index contributed by atoms with van der Waals surface area (Å²) in [5.74, 6) is 0.193. The number of carbonyl (C=O) groups excluding carboxylic acids is 2. The molecule has 0 aliphatic heterocycles. The highest BCUT2D eigenvalue weighted by Crippen LogP contribution is 2.23. The molecule has 5 heteroatoms. The second kappa shape index (κ2) is 15.7. The molecule has 0 aromatic heterocycles. The van der Waals surface area contributed by atoms with E-state index in [0.717, 1.165) is 38.5 Å². The van der Waals surface area contributed by atoms with E-state index in [0.29, 0.717) is 18.8 Å². The third-order valence-corrected chi connectivity index (χ3v) is 5.12. The van der Waals surface area contributed by atoms with Crippen LogP contribution in [0.5, 0.6) is 0 Å². The molecule has 0 aliphatic carbocycles. The summed E-state index contributed by atoms with van der Waals surface area (Å²) in [7, 11) is 2.86. The zero-order chi connectivity index (χ0) is 18.2. The molecule has 0 radical (unpaired) electrons. The fraction of sp³-hybridized carbons (Fsp3) is 0.895. The molecule has 0 heterocycles. The van der Waals surface area contributed by atoms with Crippen LogP contribution in [-0.4, -0.2) is 31.5 Å². The van der Waals surface area contributed by atoms with Gasteiger partial charge >= 0.3 is 11.9 Å². The molecule has 4 nitrogen and oxygen atoms in total. The van der Waals surface area contributed by atoms with E-state index in [-0.39, 0.29) is 17.3 Å². The van der Waals surface area contributed by atoms with Crippen molar-refractivity contribution in [2.45, 2.75) is 89.4 Å². The summed E-state index contributed by atoms with van der Waals surface area (Å²) in [6, 6.07) is 0. The van der Waals surface area contributed by atoms with Crippen molar-refractivity contribution >= 4 is 23.5 Å². The largest absolute Gasteiger partial charge is 0.469 e. The second-order valence-electron chi connectivity index (χ2n) is 6.55. The molecule has 0 bridgehead atoms. The van der Waals surface area contributed by atoms with E-state index in [4.69, 9.17) is 11.6 Å². The predicted molar refractivity (Wildman–Crippen MR) is 98.2 cm³/mol. The van der Waals surface area contributed by atoms with Crippen molar-refractivity contribution < 1.29 is 19.1 Å². The molecule has 0 fully saturated rings. The van der Waals surface area contributed by atoms with Gasteiger partial charge in [0.05, 0.1) is 14.2 Å². The summed E-state index contributed by atoms with van der Waals surface area (Å²) < 4.78 is 9.26. The zero-order valence-electron chi connectivity index (χ0n) is 15.7. The number of hydrogen-bond donors (Lipinski definition) is 0. The molecule has 24 heavy (non-hydrogen) atoms. The lowest BCUT2D eigenvalue weighted by Crippen LogP contribution is -2.12. The van der Waals surface area contributed by atoms with Gasteiger partial charge in [-0.25, -0.2) is 0 Å². The first-order valence-electron chi connectivity index (χ1n) is 9.29. The molecule has 2 atom stereocenters. The Morgan fingerprint density at radius 3 is 1.75 bits per heavy atom. The minimum atomic E-state index is -0.139. The monoisotopic (exact) mass is 362 g/mol. The summed E-state index contributed by atoms with van der Waals surface area (Å²) in [5.41, 5.74) is 0. The van der Waals surface area contributed by atoms with E-state index < -0.39 is 0 Å². The van der Waals surface area contributed by atoms with Crippen LogP contribution in [0.3, 0.4) is 0 Å².